The van der Waals surface area contributed by atoms with Gasteiger partial charge >= 0.3 is 6.18 Å². The highest BCUT2D eigenvalue weighted by Gasteiger charge is 2.28. The summed E-state index contributed by atoms with van der Waals surface area (Å²) in [6, 6.07) is 4.03. The fraction of sp³-hybridized carbons (Fsp3) is 0.231. The lowest BCUT2D eigenvalue weighted by Crippen LogP contribution is -2.14. The Kier molecular flexibility index (Phi) is 4.25. The Morgan fingerprint density at radius 3 is 2.77 bits per heavy atom. The number of ether oxygens (including phenoxy) is 1. The molecule has 0 atom stereocenters. The molecule has 0 aliphatic carbocycles. The van der Waals surface area contributed by atoms with E-state index >= 15 is 0 Å². The minimum absolute atomic E-state index is 0.0606. The average Bonchev–Trinajstić information content (AvgIpc) is 2.83. The number of amides is 1. The van der Waals surface area contributed by atoms with Crippen molar-refractivity contribution in [3.05, 3.63) is 35.7 Å². The predicted octanol–water partition coefficient (Wildman–Crippen LogP) is 2.48. The zero-order valence-corrected chi connectivity index (χ0v) is 11.4. The van der Waals surface area contributed by atoms with Gasteiger partial charge in [0, 0.05) is 11.8 Å². The number of hydrogen-bond acceptors (Lipinski definition) is 4. The van der Waals surface area contributed by atoms with Crippen molar-refractivity contribution in [3.8, 4) is 11.5 Å². The number of aromatic amines is 1. The van der Waals surface area contributed by atoms with E-state index in [4.69, 9.17) is 4.74 Å². The first-order chi connectivity index (χ1) is 10.3. The van der Waals surface area contributed by atoms with Crippen molar-refractivity contribution in [2.24, 2.45) is 0 Å². The van der Waals surface area contributed by atoms with Gasteiger partial charge in [-0.25, -0.2) is 4.98 Å². The number of phenols is 1. The predicted molar refractivity (Wildman–Crippen MR) is 71.0 cm³/mol. The first kappa shape index (κ1) is 15.7. The molecule has 9 heteroatoms. The number of nitrogens with one attached hydrogen (secondary N) is 2. The molecule has 0 aliphatic heterocycles. The first-order valence-electron chi connectivity index (χ1n) is 6.07. The van der Waals surface area contributed by atoms with E-state index in [9.17, 15) is 23.1 Å². The number of carbonyl (C=O) groups is 1. The number of phenolic OH excluding ortho intramolecular Hbond substituents is 1. The lowest BCUT2D eigenvalue weighted by atomic mass is 10.2. The summed E-state index contributed by atoms with van der Waals surface area (Å²) < 4.78 is 41.5. The fourth-order valence-electron chi connectivity index (χ4n) is 1.73. The van der Waals surface area contributed by atoms with E-state index in [0.29, 0.717) is 5.75 Å². The summed E-state index contributed by atoms with van der Waals surface area (Å²) in [4.78, 5) is 17.9. The minimum atomic E-state index is -4.37. The highest BCUT2D eigenvalue weighted by molar-refractivity contribution is 6.05. The van der Waals surface area contributed by atoms with Gasteiger partial charge in [-0.1, -0.05) is 0 Å². The lowest BCUT2D eigenvalue weighted by Gasteiger charge is -2.06. The van der Waals surface area contributed by atoms with Crippen LogP contribution in [0.1, 0.15) is 16.1 Å². The van der Waals surface area contributed by atoms with Crippen LogP contribution in [0, 0.1) is 0 Å². The van der Waals surface area contributed by atoms with E-state index in [1.807, 2.05) is 0 Å². The number of alkyl halides is 3. The summed E-state index contributed by atoms with van der Waals surface area (Å²) in [5, 5.41) is 12.0. The van der Waals surface area contributed by atoms with Crippen molar-refractivity contribution >= 4 is 11.9 Å². The SMILES string of the molecule is COc1ccc(C(=O)Nc2ncc(CC(F)(F)F)[nH]2)c(O)c1. The van der Waals surface area contributed by atoms with Gasteiger partial charge in [0.1, 0.15) is 11.5 Å². The molecule has 0 saturated heterocycles. The molecule has 1 aromatic carbocycles. The van der Waals surface area contributed by atoms with Crippen LogP contribution in [0.5, 0.6) is 11.5 Å². The van der Waals surface area contributed by atoms with E-state index in [0.717, 1.165) is 6.20 Å². The maximum absolute atomic E-state index is 12.2. The molecule has 1 heterocycles. The number of H-pyrrole nitrogens is 1. The van der Waals surface area contributed by atoms with Crippen molar-refractivity contribution in [2.45, 2.75) is 12.6 Å². The molecular weight excluding hydrogens is 303 g/mol. The van der Waals surface area contributed by atoms with Crippen molar-refractivity contribution in [1.29, 1.82) is 0 Å². The molecule has 0 radical (unpaired) electrons. The van der Waals surface area contributed by atoms with E-state index in [1.165, 1.54) is 25.3 Å². The number of halogens is 3. The molecule has 0 fully saturated rings. The lowest BCUT2D eigenvalue weighted by molar-refractivity contribution is -0.127. The smallest absolute Gasteiger partial charge is 0.394 e. The number of rotatable bonds is 4. The molecule has 2 rings (SSSR count). The van der Waals surface area contributed by atoms with Gasteiger partial charge in [0.15, 0.2) is 0 Å². The number of benzene rings is 1. The van der Waals surface area contributed by atoms with Crippen LogP contribution in [0.2, 0.25) is 0 Å². The summed E-state index contributed by atoms with van der Waals surface area (Å²) >= 11 is 0. The minimum Gasteiger partial charge on any atom is -0.507 e. The maximum Gasteiger partial charge on any atom is 0.394 e. The summed E-state index contributed by atoms with van der Waals surface area (Å²) in [6.07, 6.45) is -4.57. The zero-order chi connectivity index (χ0) is 16.3. The van der Waals surface area contributed by atoms with E-state index in [1.54, 1.807) is 0 Å². The van der Waals surface area contributed by atoms with Crippen LogP contribution in [0.25, 0.3) is 0 Å². The molecule has 0 saturated carbocycles. The molecule has 0 spiro atoms. The molecule has 0 aliphatic rings. The van der Waals surface area contributed by atoms with Crippen molar-refractivity contribution in [2.75, 3.05) is 12.4 Å². The van der Waals surface area contributed by atoms with E-state index in [-0.39, 0.29) is 23.0 Å². The van der Waals surface area contributed by atoms with E-state index in [2.05, 4.69) is 15.3 Å². The Morgan fingerprint density at radius 1 is 1.45 bits per heavy atom. The topological polar surface area (TPSA) is 87.2 Å². The Balaban J connectivity index is 2.09. The second-order valence-electron chi connectivity index (χ2n) is 4.39. The van der Waals surface area contributed by atoms with Gasteiger partial charge in [0.25, 0.3) is 5.91 Å². The van der Waals surface area contributed by atoms with Gasteiger partial charge in [-0.05, 0) is 12.1 Å². The average molecular weight is 315 g/mol. The Morgan fingerprint density at radius 2 is 2.18 bits per heavy atom. The van der Waals surface area contributed by atoms with Crippen LogP contribution in [0.4, 0.5) is 19.1 Å². The summed E-state index contributed by atoms with van der Waals surface area (Å²) in [5.74, 6) is -0.814. The summed E-state index contributed by atoms with van der Waals surface area (Å²) in [7, 11) is 1.40. The number of methoxy groups -OCH3 is 1. The van der Waals surface area contributed by atoms with Crippen LogP contribution >= 0.6 is 0 Å². The largest absolute Gasteiger partial charge is 0.507 e. The summed E-state index contributed by atoms with van der Waals surface area (Å²) in [6.45, 7) is 0. The molecule has 0 unspecified atom stereocenters. The second kappa shape index (κ2) is 5.96. The van der Waals surface area contributed by atoms with Gasteiger partial charge in [0.2, 0.25) is 5.95 Å². The molecule has 1 aromatic heterocycles. The molecule has 1 amide bonds. The fourth-order valence-corrected chi connectivity index (χ4v) is 1.73. The molecule has 0 bridgehead atoms. The van der Waals surface area contributed by atoms with Gasteiger partial charge < -0.3 is 14.8 Å². The number of aromatic nitrogens is 2. The third-order valence-electron chi connectivity index (χ3n) is 2.70. The van der Waals surface area contributed by atoms with Crippen LogP contribution in [-0.2, 0) is 6.42 Å². The van der Waals surface area contributed by atoms with Crippen LogP contribution in [-0.4, -0.2) is 34.3 Å². The Labute approximate surface area is 122 Å². The molecule has 118 valence electrons. The Hall–Kier alpha value is -2.71. The van der Waals surface area contributed by atoms with Crippen molar-refractivity contribution < 1.29 is 27.8 Å². The third kappa shape index (κ3) is 3.90. The van der Waals surface area contributed by atoms with Gasteiger partial charge in [-0.3, -0.25) is 10.1 Å². The van der Waals surface area contributed by atoms with Crippen LogP contribution in [0.15, 0.2) is 24.4 Å². The molecule has 22 heavy (non-hydrogen) atoms. The summed E-state index contributed by atoms with van der Waals surface area (Å²) in [5.41, 5.74) is -0.240. The monoisotopic (exact) mass is 315 g/mol. The van der Waals surface area contributed by atoms with Crippen LogP contribution in [0.3, 0.4) is 0 Å². The number of carbonyl (C=O) groups excluding carboxylic acids is 1. The third-order valence-corrected chi connectivity index (χ3v) is 2.70. The highest BCUT2D eigenvalue weighted by Crippen LogP contribution is 2.24. The number of nitrogens with zero attached hydrogens (tertiary/aromatic N) is 1. The van der Waals surface area contributed by atoms with Crippen molar-refractivity contribution in [3.63, 3.8) is 0 Å². The molecule has 3 N–H and O–H groups in total. The number of anilines is 1. The van der Waals surface area contributed by atoms with Crippen LogP contribution < -0.4 is 10.1 Å². The number of hydrogen-bond donors (Lipinski definition) is 3. The number of imidazole rings is 1. The van der Waals surface area contributed by atoms with Gasteiger partial charge in [0.05, 0.1) is 25.3 Å². The maximum atomic E-state index is 12.2. The molecule has 6 nitrogen and oxygen atoms in total. The van der Waals surface area contributed by atoms with Crippen molar-refractivity contribution in [1.82, 2.24) is 9.97 Å². The molecule has 2 aromatic rings. The normalized spacial score (nSPS) is 11.3. The number of aromatic hydroxyl groups is 1. The molecular formula is C13H12F3N3O3. The van der Waals surface area contributed by atoms with E-state index < -0.39 is 18.5 Å². The van der Waals surface area contributed by atoms with Gasteiger partial charge in [-0.2, -0.15) is 13.2 Å². The Bertz CT molecular complexity index is 683. The quantitative estimate of drug-likeness (QED) is 0.809. The second-order valence-corrected chi connectivity index (χ2v) is 4.39. The zero-order valence-electron chi connectivity index (χ0n) is 11.4. The van der Waals surface area contributed by atoms with Gasteiger partial charge in [-0.15, -0.1) is 0 Å². The highest BCUT2D eigenvalue weighted by atomic mass is 19.4. The standard InChI is InChI=1S/C13H12F3N3O3/c1-22-8-2-3-9(10(20)4-8)11(21)19-12-17-6-7(18-12)5-13(14,15)16/h2-4,6,20H,5H2,1H3,(H2,17,18,19,21). The first-order valence-corrected chi connectivity index (χ1v) is 6.07.